The fourth-order valence-corrected chi connectivity index (χ4v) is 4.87. The maximum atomic E-state index is 13.1. The summed E-state index contributed by atoms with van der Waals surface area (Å²) in [6, 6.07) is 21.5. The van der Waals surface area contributed by atoms with E-state index in [9.17, 15) is 9.59 Å². The zero-order valence-electron chi connectivity index (χ0n) is 27.9. The van der Waals surface area contributed by atoms with Crippen LogP contribution in [-0.2, 0) is 14.2 Å². The molecule has 3 aromatic carbocycles. The summed E-state index contributed by atoms with van der Waals surface area (Å²) in [5, 5.41) is 15.6. The Hall–Kier alpha value is -5.20. The molecule has 2 N–H and O–H groups in total. The molecule has 12 nitrogen and oxygen atoms in total. The lowest BCUT2D eigenvalue weighted by molar-refractivity contribution is 0.0333. The second kappa shape index (κ2) is 15.6. The van der Waals surface area contributed by atoms with Crippen molar-refractivity contribution in [3.63, 3.8) is 0 Å². The number of ether oxygens (including phenoxy) is 3. The topological polar surface area (TPSA) is 141 Å². The number of esters is 1. The first kappa shape index (κ1) is 34.1. The van der Waals surface area contributed by atoms with Crippen LogP contribution >= 0.6 is 0 Å². The van der Waals surface area contributed by atoms with Gasteiger partial charge in [-0.15, -0.1) is 9.89 Å². The average molecular weight is 652 g/mol. The van der Waals surface area contributed by atoms with Crippen molar-refractivity contribution >= 4 is 40.4 Å². The van der Waals surface area contributed by atoms with Gasteiger partial charge in [0.2, 0.25) is 5.82 Å². The van der Waals surface area contributed by atoms with E-state index in [0.29, 0.717) is 42.9 Å². The quantitative estimate of drug-likeness (QED) is 0.121. The van der Waals surface area contributed by atoms with Gasteiger partial charge in [-0.1, -0.05) is 32.9 Å². The second-order valence-electron chi connectivity index (χ2n) is 11.9. The van der Waals surface area contributed by atoms with Crippen LogP contribution in [0.2, 0.25) is 0 Å². The molecule has 1 aliphatic rings. The number of aliphatic imine (C=N–C) groups is 1. The number of fused-ring (bicyclic) bond motifs is 1. The maximum absolute atomic E-state index is 13.1. The molecule has 250 valence electrons. The fourth-order valence-electron chi connectivity index (χ4n) is 4.87. The molecule has 1 aromatic heterocycles. The van der Waals surface area contributed by atoms with Gasteiger partial charge in [0.05, 0.1) is 35.7 Å². The van der Waals surface area contributed by atoms with Gasteiger partial charge in [-0.3, -0.25) is 4.79 Å². The predicted molar refractivity (Wildman–Crippen MR) is 187 cm³/mol. The van der Waals surface area contributed by atoms with Gasteiger partial charge in [0, 0.05) is 42.1 Å². The highest BCUT2D eigenvalue weighted by Gasteiger charge is 2.35. The van der Waals surface area contributed by atoms with Crippen LogP contribution in [0.4, 0.5) is 17.1 Å². The van der Waals surface area contributed by atoms with E-state index in [1.165, 1.54) is 4.79 Å². The number of hydrogen-bond acceptors (Lipinski definition) is 10. The number of benzene rings is 3. The van der Waals surface area contributed by atoms with Gasteiger partial charge in [0.1, 0.15) is 12.3 Å². The Morgan fingerprint density at radius 1 is 0.833 bits per heavy atom. The van der Waals surface area contributed by atoms with Crippen LogP contribution in [0.1, 0.15) is 61.2 Å². The highest BCUT2D eigenvalue weighted by Crippen LogP contribution is 2.29. The number of aromatic nitrogens is 3. The normalized spacial score (nSPS) is 13.3. The number of hydrogen-bond donors (Lipinski definition) is 2. The molecule has 48 heavy (non-hydrogen) atoms. The minimum Gasteiger partial charge on any atom is -0.460 e. The average Bonchev–Trinajstić information content (AvgIpc) is 3.65. The summed E-state index contributed by atoms with van der Waals surface area (Å²) in [6.45, 7) is 13.1. The van der Waals surface area contributed by atoms with Crippen molar-refractivity contribution < 1.29 is 23.8 Å². The number of nitrogens with zero attached hydrogens (tertiary/aromatic N) is 5. The van der Waals surface area contributed by atoms with E-state index >= 15 is 0 Å². The Morgan fingerprint density at radius 2 is 1.50 bits per heavy atom. The lowest BCUT2D eigenvalue weighted by atomic mass is 9.87. The number of carbonyl (C=O) groups excluding carboxylic acids is 2. The van der Waals surface area contributed by atoms with Gasteiger partial charge in [-0.25, -0.2) is 14.8 Å². The monoisotopic (exact) mass is 651 g/mol. The minimum absolute atomic E-state index is 0.104. The van der Waals surface area contributed by atoms with Crippen molar-refractivity contribution in [3.8, 4) is 11.4 Å². The molecule has 0 radical (unpaired) electrons. The summed E-state index contributed by atoms with van der Waals surface area (Å²) >= 11 is 0. The summed E-state index contributed by atoms with van der Waals surface area (Å²) in [4.78, 5) is 37.0. The largest absolute Gasteiger partial charge is 0.460 e. The third-order valence-electron chi connectivity index (χ3n) is 7.28. The molecule has 1 aliphatic heterocycles. The maximum Gasteiger partial charge on any atom is 0.339 e. The fraction of sp³-hybridized carbons (Fsp3) is 0.333. The number of carbonyl (C=O) groups is 2. The molecule has 0 bridgehead atoms. The summed E-state index contributed by atoms with van der Waals surface area (Å²) in [5.74, 6) is 0.00734. The van der Waals surface area contributed by atoms with Crippen LogP contribution in [0.5, 0.6) is 0 Å². The molecule has 0 spiro atoms. The van der Waals surface area contributed by atoms with Crippen molar-refractivity contribution in [2.24, 2.45) is 15.5 Å². The van der Waals surface area contributed by atoms with E-state index < -0.39 is 11.9 Å². The molecule has 0 atom stereocenters. The first-order valence-electron chi connectivity index (χ1n) is 16.0. The molecule has 0 saturated heterocycles. The molecule has 0 saturated carbocycles. The number of nitrogens with one attached hydrogen (secondary N) is 2. The van der Waals surface area contributed by atoms with Crippen molar-refractivity contribution in [1.29, 1.82) is 0 Å². The van der Waals surface area contributed by atoms with Crippen LogP contribution in [0.3, 0.4) is 0 Å². The van der Waals surface area contributed by atoms with E-state index in [0.717, 1.165) is 29.2 Å². The van der Waals surface area contributed by atoms with Crippen molar-refractivity contribution in [2.75, 3.05) is 50.2 Å². The Bertz CT molecular complexity index is 1790. The van der Waals surface area contributed by atoms with Crippen LogP contribution in [0.25, 0.3) is 11.4 Å². The predicted octanol–water partition coefficient (Wildman–Crippen LogP) is 6.22. The Morgan fingerprint density at radius 3 is 2.19 bits per heavy atom. The molecular weight excluding hydrogens is 610 g/mol. The highest BCUT2D eigenvalue weighted by molar-refractivity contribution is 6.50. The molecule has 4 aromatic rings. The van der Waals surface area contributed by atoms with Gasteiger partial charge in [0.25, 0.3) is 5.91 Å². The van der Waals surface area contributed by atoms with Gasteiger partial charge >= 0.3 is 5.97 Å². The highest BCUT2D eigenvalue weighted by atomic mass is 16.6. The number of rotatable bonds is 14. The SMILES string of the molecule is CCOCCNc1ccc(N=C2C(C(C)(C)C)=Nn3nc(-c4ccc(NC(=O)c5ccccc5C(=O)OCCOCC)cc4)nc32)cc1. The molecule has 12 heteroatoms. The summed E-state index contributed by atoms with van der Waals surface area (Å²) in [6.07, 6.45) is 0. The van der Waals surface area contributed by atoms with E-state index in [1.54, 1.807) is 36.4 Å². The smallest absolute Gasteiger partial charge is 0.339 e. The lowest BCUT2D eigenvalue weighted by Gasteiger charge is -2.18. The first-order valence-corrected chi connectivity index (χ1v) is 16.0. The zero-order chi connectivity index (χ0) is 34.1. The number of anilines is 2. The minimum atomic E-state index is -0.586. The molecule has 2 heterocycles. The Kier molecular flexibility index (Phi) is 11.1. The van der Waals surface area contributed by atoms with E-state index in [-0.39, 0.29) is 29.8 Å². The molecule has 5 rings (SSSR count). The van der Waals surface area contributed by atoms with Gasteiger partial charge in [0.15, 0.2) is 5.82 Å². The van der Waals surface area contributed by atoms with E-state index in [4.69, 9.17) is 29.3 Å². The van der Waals surface area contributed by atoms with Crippen molar-refractivity contribution in [3.05, 3.63) is 89.7 Å². The second-order valence-corrected chi connectivity index (χ2v) is 11.9. The lowest BCUT2D eigenvalue weighted by Crippen LogP contribution is -2.27. The molecule has 1 amide bonds. The van der Waals surface area contributed by atoms with E-state index in [2.05, 4.69) is 36.5 Å². The van der Waals surface area contributed by atoms with Gasteiger partial charge in [-0.2, -0.15) is 5.10 Å². The number of amides is 1. The van der Waals surface area contributed by atoms with Crippen LogP contribution in [0.15, 0.2) is 82.9 Å². The van der Waals surface area contributed by atoms with E-state index in [1.807, 2.05) is 50.2 Å². The standard InChI is InChI=1S/C36H41N7O5/c1-6-46-21-20-37-25-16-18-26(19-17-25)38-30-31(36(3,4)5)41-43-33(30)40-32(42-43)24-12-14-27(15-13-24)39-34(44)28-10-8-9-11-29(28)35(45)48-23-22-47-7-2/h8-19,37H,6-7,20-23H2,1-5H3,(H,39,44). The van der Waals surface area contributed by atoms with Crippen molar-refractivity contribution in [2.45, 2.75) is 34.6 Å². The Labute approximate surface area is 280 Å². The molecule has 0 unspecified atom stereocenters. The summed E-state index contributed by atoms with van der Waals surface area (Å²) in [7, 11) is 0. The van der Waals surface area contributed by atoms with Crippen molar-refractivity contribution in [1.82, 2.24) is 14.9 Å². The summed E-state index contributed by atoms with van der Waals surface area (Å²) in [5.41, 5.74) is 4.59. The Balaban J connectivity index is 1.31. The molecule has 0 aliphatic carbocycles. The third-order valence-corrected chi connectivity index (χ3v) is 7.28. The van der Waals surface area contributed by atoms with Crippen LogP contribution < -0.4 is 10.6 Å². The molecule has 0 fully saturated rings. The zero-order valence-corrected chi connectivity index (χ0v) is 27.9. The van der Waals surface area contributed by atoms with Crippen LogP contribution in [0, 0.1) is 5.41 Å². The van der Waals surface area contributed by atoms with Gasteiger partial charge < -0.3 is 24.8 Å². The molecular formula is C36H41N7O5. The van der Waals surface area contributed by atoms with Gasteiger partial charge in [-0.05, 0) is 74.5 Å². The first-order chi connectivity index (χ1) is 23.2. The third kappa shape index (κ3) is 8.38. The summed E-state index contributed by atoms with van der Waals surface area (Å²) < 4.78 is 15.9. The van der Waals surface area contributed by atoms with Crippen LogP contribution in [-0.4, -0.2) is 77.8 Å².